The molecular formula is C17H15F6N. The lowest BCUT2D eigenvalue weighted by Crippen LogP contribution is -2.34. The Hall–Kier alpha value is -2.18. The summed E-state index contributed by atoms with van der Waals surface area (Å²) < 4.78 is 76.3. The molecule has 0 radical (unpaired) electrons. The second-order valence-corrected chi connectivity index (χ2v) is 5.45. The molecule has 2 aromatic carbocycles. The highest BCUT2D eigenvalue weighted by Gasteiger charge is 2.57. The average molecular weight is 347 g/mol. The van der Waals surface area contributed by atoms with Gasteiger partial charge in [0.2, 0.25) is 0 Å². The number of hydrogen-bond acceptors (Lipinski definition) is 1. The Morgan fingerprint density at radius 2 is 1.29 bits per heavy atom. The van der Waals surface area contributed by atoms with E-state index in [0.29, 0.717) is 12.2 Å². The zero-order valence-electron chi connectivity index (χ0n) is 12.7. The third kappa shape index (κ3) is 4.43. The molecule has 0 amide bonds. The van der Waals surface area contributed by atoms with Gasteiger partial charge >= 0.3 is 12.4 Å². The van der Waals surface area contributed by atoms with Gasteiger partial charge in [-0.2, -0.15) is 26.3 Å². The van der Waals surface area contributed by atoms with Crippen LogP contribution in [0.3, 0.4) is 0 Å². The lowest BCUT2D eigenvalue weighted by molar-refractivity contribution is -0.253. The molecule has 24 heavy (non-hydrogen) atoms. The summed E-state index contributed by atoms with van der Waals surface area (Å²) in [5, 5.41) is 0. The highest BCUT2D eigenvalue weighted by Crippen LogP contribution is 2.46. The molecule has 0 N–H and O–H groups in total. The third-order valence-corrected chi connectivity index (χ3v) is 3.58. The Morgan fingerprint density at radius 3 is 1.75 bits per heavy atom. The maximum atomic E-state index is 12.7. The van der Waals surface area contributed by atoms with Gasteiger partial charge in [-0.25, -0.2) is 0 Å². The summed E-state index contributed by atoms with van der Waals surface area (Å²) in [6.45, 7) is 0.488. The van der Waals surface area contributed by atoms with E-state index in [1.165, 1.54) is 12.1 Å². The predicted octanol–water partition coefficient (Wildman–Crippen LogP) is 5.53. The van der Waals surface area contributed by atoms with E-state index in [0.717, 1.165) is 17.7 Å². The van der Waals surface area contributed by atoms with Crippen LogP contribution in [0.5, 0.6) is 0 Å². The molecular weight excluding hydrogens is 332 g/mol. The second-order valence-electron chi connectivity index (χ2n) is 5.45. The molecule has 0 aromatic heterocycles. The average Bonchev–Trinajstić information content (AvgIpc) is 2.46. The van der Waals surface area contributed by atoms with Crippen LogP contribution in [0, 0.1) is 0 Å². The van der Waals surface area contributed by atoms with Crippen LogP contribution >= 0.6 is 0 Å². The van der Waals surface area contributed by atoms with Gasteiger partial charge in [0.25, 0.3) is 0 Å². The molecule has 0 aliphatic rings. The fourth-order valence-corrected chi connectivity index (χ4v) is 2.43. The number of anilines is 1. The van der Waals surface area contributed by atoms with Crippen molar-refractivity contribution in [2.24, 2.45) is 0 Å². The van der Waals surface area contributed by atoms with Crippen molar-refractivity contribution in [2.45, 2.75) is 24.8 Å². The molecule has 7 heteroatoms. The van der Waals surface area contributed by atoms with E-state index in [1.54, 1.807) is 11.9 Å². The molecule has 0 saturated carbocycles. The molecule has 0 heterocycles. The van der Waals surface area contributed by atoms with Crippen molar-refractivity contribution in [3.63, 3.8) is 0 Å². The first-order valence-corrected chi connectivity index (χ1v) is 7.07. The van der Waals surface area contributed by atoms with Gasteiger partial charge in [-0.15, -0.1) is 0 Å². The Bertz CT molecular complexity index is 632. The maximum absolute atomic E-state index is 12.7. The topological polar surface area (TPSA) is 3.24 Å². The first-order chi connectivity index (χ1) is 11.1. The monoisotopic (exact) mass is 347 g/mol. The number of rotatable bonds is 4. The molecule has 0 unspecified atom stereocenters. The van der Waals surface area contributed by atoms with Crippen molar-refractivity contribution < 1.29 is 26.3 Å². The van der Waals surface area contributed by atoms with Crippen molar-refractivity contribution in [2.75, 3.05) is 11.9 Å². The molecule has 0 bridgehead atoms. The summed E-state index contributed by atoms with van der Waals surface area (Å²) in [6, 6.07) is 13.6. The van der Waals surface area contributed by atoms with Crippen molar-refractivity contribution in [1.29, 1.82) is 0 Å². The summed E-state index contributed by atoms with van der Waals surface area (Å²) in [5.74, 6) is -3.47. The molecule has 0 fully saturated rings. The maximum Gasteiger partial charge on any atom is 0.404 e. The number of nitrogens with zero attached hydrogens (tertiary/aromatic N) is 1. The van der Waals surface area contributed by atoms with Crippen LogP contribution in [-0.4, -0.2) is 19.4 Å². The number of halogens is 6. The minimum atomic E-state index is -5.38. The van der Waals surface area contributed by atoms with E-state index in [9.17, 15) is 26.3 Å². The normalized spacial score (nSPS) is 12.5. The van der Waals surface area contributed by atoms with Gasteiger partial charge in [0.05, 0.1) is 0 Å². The van der Waals surface area contributed by atoms with Crippen LogP contribution in [-0.2, 0) is 6.54 Å². The smallest absolute Gasteiger partial charge is 0.370 e. The Balaban J connectivity index is 2.20. The number of benzene rings is 2. The van der Waals surface area contributed by atoms with E-state index in [1.807, 2.05) is 30.3 Å². The summed E-state index contributed by atoms with van der Waals surface area (Å²) in [5.41, 5.74) is 0.699. The summed E-state index contributed by atoms with van der Waals surface area (Å²) in [4.78, 5) is 1.75. The minimum absolute atomic E-state index is 0.488. The number of alkyl halides is 6. The molecule has 0 aliphatic carbocycles. The summed E-state index contributed by atoms with van der Waals surface area (Å²) in [6.07, 6.45) is -10.8. The Labute approximate surface area is 135 Å². The van der Waals surface area contributed by atoms with Crippen LogP contribution in [0.4, 0.5) is 32.0 Å². The van der Waals surface area contributed by atoms with Gasteiger partial charge < -0.3 is 4.90 Å². The van der Waals surface area contributed by atoms with E-state index >= 15 is 0 Å². The SMILES string of the molecule is CN(Cc1ccccc1)c1ccc(C(C(F)(F)F)C(F)(F)F)cc1. The van der Waals surface area contributed by atoms with Crippen LogP contribution in [0.25, 0.3) is 0 Å². The molecule has 0 saturated heterocycles. The first kappa shape index (κ1) is 18.2. The van der Waals surface area contributed by atoms with Gasteiger partial charge in [-0.05, 0) is 23.3 Å². The third-order valence-electron chi connectivity index (χ3n) is 3.58. The van der Waals surface area contributed by atoms with E-state index in [4.69, 9.17) is 0 Å². The van der Waals surface area contributed by atoms with Crippen LogP contribution in [0.1, 0.15) is 17.0 Å². The van der Waals surface area contributed by atoms with Crippen molar-refractivity contribution in [3.8, 4) is 0 Å². The largest absolute Gasteiger partial charge is 0.404 e. The first-order valence-electron chi connectivity index (χ1n) is 7.07. The van der Waals surface area contributed by atoms with Gasteiger partial charge in [0, 0.05) is 19.3 Å². The van der Waals surface area contributed by atoms with E-state index in [-0.39, 0.29) is 0 Å². The van der Waals surface area contributed by atoms with Gasteiger partial charge in [0.1, 0.15) is 0 Å². The summed E-state index contributed by atoms with van der Waals surface area (Å²) >= 11 is 0. The highest BCUT2D eigenvalue weighted by atomic mass is 19.4. The van der Waals surface area contributed by atoms with Crippen LogP contribution in [0.2, 0.25) is 0 Å². The molecule has 130 valence electrons. The van der Waals surface area contributed by atoms with Crippen LogP contribution in [0.15, 0.2) is 54.6 Å². The van der Waals surface area contributed by atoms with Crippen LogP contribution < -0.4 is 4.90 Å². The molecule has 0 aliphatic heterocycles. The zero-order valence-corrected chi connectivity index (χ0v) is 12.7. The molecule has 0 spiro atoms. The zero-order chi connectivity index (χ0) is 18.0. The van der Waals surface area contributed by atoms with Gasteiger partial charge in [-0.1, -0.05) is 42.5 Å². The highest BCUT2D eigenvalue weighted by molar-refractivity contribution is 5.48. The second kappa shape index (κ2) is 6.75. The molecule has 2 rings (SSSR count). The number of hydrogen-bond donors (Lipinski definition) is 0. The van der Waals surface area contributed by atoms with E-state index in [2.05, 4.69) is 0 Å². The van der Waals surface area contributed by atoms with Crippen molar-refractivity contribution in [1.82, 2.24) is 0 Å². The standard InChI is InChI=1S/C17H15F6N/c1-24(11-12-5-3-2-4-6-12)14-9-7-13(8-10-14)15(16(18,19)20)17(21,22)23/h2-10,15H,11H2,1H3. The Morgan fingerprint density at radius 1 is 0.792 bits per heavy atom. The fraction of sp³-hybridized carbons (Fsp3) is 0.294. The van der Waals surface area contributed by atoms with Gasteiger partial charge in [0.15, 0.2) is 5.92 Å². The Kier molecular flexibility index (Phi) is 5.11. The van der Waals surface area contributed by atoms with Crippen molar-refractivity contribution in [3.05, 3.63) is 65.7 Å². The fourth-order valence-electron chi connectivity index (χ4n) is 2.43. The molecule has 0 atom stereocenters. The quantitative estimate of drug-likeness (QED) is 0.657. The molecule has 1 nitrogen and oxygen atoms in total. The lowest BCUT2D eigenvalue weighted by atomic mass is 9.97. The van der Waals surface area contributed by atoms with Gasteiger partial charge in [-0.3, -0.25) is 0 Å². The predicted molar refractivity (Wildman–Crippen MR) is 79.8 cm³/mol. The lowest BCUT2D eigenvalue weighted by Gasteiger charge is -2.24. The van der Waals surface area contributed by atoms with Crippen molar-refractivity contribution >= 4 is 5.69 Å². The summed E-state index contributed by atoms with van der Waals surface area (Å²) in [7, 11) is 1.72. The van der Waals surface area contributed by atoms with E-state index < -0.39 is 23.8 Å². The molecule has 2 aromatic rings. The minimum Gasteiger partial charge on any atom is -0.370 e.